The van der Waals surface area contributed by atoms with Gasteiger partial charge >= 0.3 is 0 Å². The fourth-order valence-corrected chi connectivity index (χ4v) is 1.81. The number of allylic oxidation sites excluding steroid dienone is 1. The predicted molar refractivity (Wildman–Crippen MR) is 83.1 cm³/mol. The molecule has 3 nitrogen and oxygen atoms in total. The zero-order chi connectivity index (χ0) is 23.5. The number of anilines is 2. The molecule has 0 aliphatic carbocycles. The van der Waals surface area contributed by atoms with Crippen molar-refractivity contribution in [1.29, 1.82) is 0 Å². The maximum atomic E-state index is 12.6. The van der Waals surface area contributed by atoms with E-state index in [2.05, 4.69) is 5.32 Å². The lowest BCUT2D eigenvalue weighted by Gasteiger charge is -2.11. The highest BCUT2D eigenvalue weighted by molar-refractivity contribution is 6.20. The number of ketones is 1. The van der Waals surface area contributed by atoms with Crippen molar-refractivity contribution in [2.45, 2.75) is 0 Å². The first-order valence-electron chi connectivity index (χ1n) is 11.2. The average molecular weight is 275 g/mol. The molecular formula is C17H16N2O. The van der Waals surface area contributed by atoms with Crippen LogP contribution in [0.4, 0.5) is 11.4 Å². The third-order valence-electron chi connectivity index (χ3n) is 2.74. The number of rotatable bonds is 2. The molecule has 1 heterocycles. The molecule has 0 saturated heterocycles. The summed E-state index contributed by atoms with van der Waals surface area (Å²) in [6.07, 6.45) is 0. The Kier molecular flexibility index (Phi) is 1.24. The minimum absolute atomic E-state index is 0.129. The molecule has 1 aliphatic rings. The topological polar surface area (TPSA) is 32.3 Å². The van der Waals surface area contributed by atoms with E-state index in [0.717, 1.165) is 0 Å². The van der Waals surface area contributed by atoms with Gasteiger partial charge in [-0.1, -0.05) is 24.2 Å². The van der Waals surface area contributed by atoms with Gasteiger partial charge in [-0.05, 0) is 35.8 Å². The minimum atomic E-state index is -3.29. The summed E-state index contributed by atoms with van der Waals surface area (Å²) in [6.45, 7) is -6.58. The van der Waals surface area contributed by atoms with Crippen LogP contribution < -0.4 is 10.2 Å². The maximum Gasteiger partial charge on any atom is 0.211 e. The number of para-hydroxylation sites is 1. The van der Waals surface area contributed by atoms with Crippen molar-refractivity contribution in [2.75, 3.05) is 24.2 Å². The van der Waals surface area contributed by atoms with Gasteiger partial charge in [0.1, 0.15) is 0 Å². The van der Waals surface area contributed by atoms with Gasteiger partial charge in [-0.3, -0.25) is 4.79 Å². The minimum Gasteiger partial charge on any atom is -0.378 e. The number of carbonyl (C=O) groups is 1. The standard InChI is InChI=1S/C17H16N2O/c1-19(2)13-9-7-12(8-10-13)11-16-17(20)14-5-3-4-6-15(14)18-16/h3-11,18H,1-2H3/i1D3,2D3,7D,8D,9D,10D,11D. The van der Waals surface area contributed by atoms with Gasteiger partial charge in [0.2, 0.25) is 5.78 Å². The van der Waals surface area contributed by atoms with Gasteiger partial charge in [-0.25, -0.2) is 0 Å². The van der Waals surface area contributed by atoms with Crippen molar-refractivity contribution in [3.63, 3.8) is 0 Å². The van der Waals surface area contributed by atoms with Crippen molar-refractivity contribution in [2.24, 2.45) is 0 Å². The Balaban J connectivity index is 2.26. The molecule has 0 unspecified atom stereocenters. The van der Waals surface area contributed by atoms with Crippen molar-refractivity contribution in [3.05, 3.63) is 65.3 Å². The summed E-state index contributed by atoms with van der Waals surface area (Å²) in [4.78, 5) is 12.5. The molecule has 2 aromatic rings. The van der Waals surface area contributed by atoms with Crippen LogP contribution in [0.1, 0.15) is 31.0 Å². The number of Topliss-reactive ketones (excluding diaryl/α,β-unsaturated/α-hetero) is 1. The quantitative estimate of drug-likeness (QED) is 0.853. The van der Waals surface area contributed by atoms with E-state index < -0.39 is 61.2 Å². The molecule has 0 amide bonds. The third kappa shape index (κ3) is 2.18. The molecule has 20 heavy (non-hydrogen) atoms. The van der Waals surface area contributed by atoms with Crippen LogP contribution in [0.25, 0.3) is 6.05 Å². The van der Waals surface area contributed by atoms with Gasteiger partial charge in [-0.15, -0.1) is 0 Å². The van der Waals surface area contributed by atoms with Crippen LogP contribution in [0.3, 0.4) is 0 Å². The number of carbonyl (C=O) groups excluding carboxylic acids is 1. The van der Waals surface area contributed by atoms with Crippen LogP contribution in [-0.4, -0.2) is 19.7 Å². The smallest absolute Gasteiger partial charge is 0.211 e. The van der Waals surface area contributed by atoms with Crippen LogP contribution in [0.5, 0.6) is 0 Å². The average Bonchev–Trinajstić information content (AvgIpc) is 2.98. The number of fused-ring (bicyclic) bond motifs is 1. The molecule has 0 bridgehead atoms. The summed E-state index contributed by atoms with van der Waals surface area (Å²) >= 11 is 0. The first kappa shape index (κ1) is 5.09. The Hall–Kier alpha value is -2.55. The fourth-order valence-electron chi connectivity index (χ4n) is 1.81. The van der Waals surface area contributed by atoms with Gasteiger partial charge in [0.25, 0.3) is 0 Å². The lowest BCUT2D eigenvalue weighted by molar-refractivity contribution is 0.104. The van der Waals surface area contributed by atoms with E-state index in [0.29, 0.717) is 5.69 Å². The van der Waals surface area contributed by atoms with E-state index in [1.165, 1.54) is 6.07 Å². The monoisotopic (exact) mass is 275 g/mol. The molecule has 0 spiro atoms. The van der Waals surface area contributed by atoms with Gasteiger partial charge < -0.3 is 10.2 Å². The second kappa shape index (κ2) is 4.85. The van der Waals surface area contributed by atoms with Crippen LogP contribution in [0, 0.1) is 0 Å². The number of nitrogens with one attached hydrogen (secondary N) is 1. The van der Waals surface area contributed by atoms with Crippen LogP contribution >= 0.6 is 0 Å². The van der Waals surface area contributed by atoms with Crippen LogP contribution in [0.15, 0.2) is 54.1 Å². The van der Waals surface area contributed by atoms with E-state index in [9.17, 15) is 4.79 Å². The number of hydrogen-bond acceptors (Lipinski definition) is 3. The van der Waals surface area contributed by atoms with E-state index in [4.69, 9.17) is 15.1 Å². The highest BCUT2D eigenvalue weighted by Gasteiger charge is 2.23. The SMILES string of the molecule is [2H]C(=C1Nc2ccccc2C1=O)c1c([2H])c([2H])c(N(C([2H])([2H])[2H])C([2H])([2H])[2H])c([2H])c1[2H]. The highest BCUT2D eigenvalue weighted by atomic mass is 16.1. The molecule has 3 heteroatoms. The molecule has 2 aromatic carbocycles. The zero-order valence-corrected chi connectivity index (χ0v) is 10.2. The molecule has 0 atom stereocenters. The molecule has 0 saturated carbocycles. The Bertz CT molecular complexity index is 1080. The largest absolute Gasteiger partial charge is 0.378 e. The van der Waals surface area contributed by atoms with Crippen molar-refractivity contribution < 1.29 is 19.9 Å². The first-order valence-corrected chi connectivity index (χ1v) is 5.70. The van der Waals surface area contributed by atoms with E-state index in [1.807, 2.05) is 0 Å². The number of benzene rings is 2. The van der Waals surface area contributed by atoms with Crippen molar-refractivity contribution in [3.8, 4) is 0 Å². The second-order valence-corrected chi connectivity index (χ2v) is 4.06. The van der Waals surface area contributed by atoms with Crippen LogP contribution in [-0.2, 0) is 0 Å². The van der Waals surface area contributed by atoms with Crippen LogP contribution in [0.2, 0.25) is 0 Å². The van der Waals surface area contributed by atoms with E-state index in [1.54, 1.807) is 18.2 Å². The number of nitrogens with zero attached hydrogens (tertiary/aromatic N) is 1. The molecule has 0 radical (unpaired) electrons. The molecule has 0 fully saturated rings. The lowest BCUT2D eigenvalue weighted by atomic mass is 10.1. The lowest BCUT2D eigenvalue weighted by Crippen LogP contribution is -2.08. The molecule has 0 aromatic heterocycles. The Morgan fingerprint density at radius 2 is 2.00 bits per heavy atom. The molecule has 1 aliphatic heterocycles. The molecule has 100 valence electrons. The normalized spacial score (nSPS) is 24.8. The Morgan fingerprint density at radius 1 is 1.25 bits per heavy atom. The zero-order valence-electron chi connectivity index (χ0n) is 21.2. The second-order valence-electron chi connectivity index (χ2n) is 4.06. The van der Waals surface area contributed by atoms with Gasteiger partial charge in [0, 0.05) is 39.1 Å². The van der Waals surface area contributed by atoms with E-state index in [-0.39, 0.29) is 16.2 Å². The van der Waals surface area contributed by atoms with Gasteiger partial charge in [0.05, 0.1) is 12.6 Å². The van der Waals surface area contributed by atoms with E-state index >= 15 is 0 Å². The summed E-state index contributed by atoms with van der Waals surface area (Å²) in [5.41, 5.74) is -1.08. The fraction of sp³-hybridized carbons (Fsp3) is 0.118. The third-order valence-corrected chi connectivity index (χ3v) is 2.74. The van der Waals surface area contributed by atoms with Crippen molar-refractivity contribution >= 4 is 23.2 Å². The van der Waals surface area contributed by atoms with Crippen molar-refractivity contribution in [1.82, 2.24) is 0 Å². The van der Waals surface area contributed by atoms with Gasteiger partial charge in [-0.2, -0.15) is 0 Å². The summed E-state index contributed by atoms with van der Waals surface area (Å²) < 4.78 is 86.1. The molecule has 3 rings (SSSR count). The highest BCUT2D eigenvalue weighted by Crippen LogP contribution is 2.28. The summed E-state index contributed by atoms with van der Waals surface area (Å²) in [6, 6.07) is 2.20. The first-order chi connectivity index (χ1) is 14.2. The summed E-state index contributed by atoms with van der Waals surface area (Å²) in [5, 5.41) is 2.72. The summed E-state index contributed by atoms with van der Waals surface area (Å²) in [5.74, 6) is -0.576. The van der Waals surface area contributed by atoms with Gasteiger partial charge in [0.15, 0.2) is 0 Å². The Morgan fingerprint density at radius 3 is 2.70 bits per heavy atom. The predicted octanol–water partition coefficient (Wildman–Crippen LogP) is 3.40. The Labute approximate surface area is 134 Å². The number of hydrogen-bond donors (Lipinski definition) is 1. The summed E-state index contributed by atoms with van der Waals surface area (Å²) in [7, 11) is 0. The maximum absolute atomic E-state index is 12.6. The molecular weight excluding hydrogens is 248 g/mol. The molecule has 1 N–H and O–H groups in total.